The van der Waals surface area contributed by atoms with Crippen molar-refractivity contribution in [1.29, 1.82) is 0 Å². The van der Waals surface area contributed by atoms with Gasteiger partial charge in [-0.15, -0.1) is 0 Å². The van der Waals surface area contributed by atoms with Crippen LogP contribution < -0.4 is 9.62 Å². The molecule has 0 unspecified atom stereocenters. The zero-order valence-corrected chi connectivity index (χ0v) is 27.5. The summed E-state index contributed by atoms with van der Waals surface area (Å²) < 4.78 is 28.9. The van der Waals surface area contributed by atoms with E-state index >= 15 is 0 Å². The van der Waals surface area contributed by atoms with Gasteiger partial charge in [-0.25, -0.2) is 8.42 Å². The van der Waals surface area contributed by atoms with E-state index in [-0.39, 0.29) is 50.6 Å². The van der Waals surface area contributed by atoms with Gasteiger partial charge in [-0.3, -0.25) is 13.9 Å². The van der Waals surface area contributed by atoms with Gasteiger partial charge in [0.15, 0.2) is 0 Å². The van der Waals surface area contributed by atoms with Gasteiger partial charge in [0.2, 0.25) is 11.8 Å². The number of hydrogen-bond acceptors (Lipinski definition) is 4. The van der Waals surface area contributed by atoms with Crippen molar-refractivity contribution in [2.24, 2.45) is 0 Å². The minimum absolute atomic E-state index is 0.0240. The zero-order chi connectivity index (χ0) is 31.2. The maximum Gasteiger partial charge on any atom is 0.264 e. The van der Waals surface area contributed by atoms with Crippen molar-refractivity contribution >= 4 is 73.9 Å². The van der Waals surface area contributed by atoms with E-state index in [0.29, 0.717) is 17.0 Å². The maximum atomic E-state index is 14.2. The summed E-state index contributed by atoms with van der Waals surface area (Å²) in [4.78, 5) is 28.9. The molecule has 0 saturated carbocycles. The first kappa shape index (κ1) is 34.0. The number of sulfonamides is 1. The lowest BCUT2D eigenvalue weighted by Gasteiger charge is -2.34. The number of carbonyl (C=O) groups excluding carboxylic acids is 2. The Morgan fingerprint density at radius 2 is 1.50 bits per heavy atom. The highest BCUT2D eigenvalue weighted by Crippen LogP contribution is 2.33. The van der Waals surface area contributed by atoms with E-state index < -0.39 is 28.5 Å². The number of nitrogens with one attached hydrogen (secondary N) is 1. The summed E-state index contributed by atoms with van der Waals surface area (Å²) in [5.41, 5.74) is 1.51. The Morgan fingerprint density at radius 1 is 0.857 bits per heavy atom. The molecule has 0 bridgehead atoms. The van der Waals surface area contributed by atoms with Crippen LogP contribution in [-0.4, -0.2) is 43.8 Å². The summed E-state index contributed by atoms with van der Waals surface area (Å²) >= 11 is 25.1. The average Bonchev–Trinajstić information content (AvgIpc) is 2.94. The third kappa shape index (κ3) is 8.32. The molecule has 0 saturated heterocycles. The normalized spacial score (nSPS) is 12.9. The van der Waals surface area contributed by atoms with Crippen LogP contribution in [0.1, 0.15) is 44.7 Å². The first-order valence-electron chi connectivity index (χ1n) is 13.4. The van der Waals surface area contributed by atoms with Gasteiger partial charge in [-0.1, -0.05) is 84.0 Å². The van der Waals surface area contributed by atoms with Crippen molar-refractivity contribution in [2.45, 2.75) is 64.1 Å². The van der Waals surface area contributed by atoms with Crippen LogP contribution in [0.3, 0.4) is 0 Å². The molecule has 0 aliphatic carbocycles. The highest BCUT2D eigenvalue weighted by atomic mass is 35.5. The van der Waals surface area contributed by atoms with E-state index in [1.54, 1.807) is 37.3 Å². The number of halogens is 4. The number of anilines is 1. The number of aryl methyl sites for hydroxylation is 1. The Morgan fingerprint density at radius 3 is 2.10 bits per heavy atom. The molecule has 0 aliphatic heterocycles. The molecule has 3 aromatic rings. The van der Waals surface area contributed by atoms with E-state index in [1.165, 1.54) is 35.2 Å². The summed E-state index contributed by atoms with van der Waals surface area (Å²) in [5.74, 6) is -0.979. The minimum atomic E-state index is -4.30. The second-order valence-electron chi connectivity index (χ2n) is 9.93. The van der Waals surface area contributed by atoms with Crippen molar-refractivity contribution < 1.29 is 18.0 Å². The fourth-order valence-electron chi connectivity index (χ4n) is 4.22. The molecular formula is C30H33Cl4N3O4S. The molecule has 12 heteroatoms. The summed E-state index contributed by atoms with van der Waals surface area (Å²) in [5, 5.41) is 3.88. The number of carbonyl (C=O) groups is 2. The van der Waals surface area contributed by atoms with Crippen molar-refractivity contribution in [3.05, 3.63) is 91.9 Å². The largest absolute Gasteiger partial charge is 0.352 e. The number of nitrogens with zero attached hydrogens (tertiary/aromatic N) is 2. The summed E-state index contributed by atoms with van der Waals surface area (Å²) in [6.07, 6.45) is 0.969. The van der Waals surface area contributed by atoms with E-state index in [2.05, 4.69) is 5.32 Å². The molecule has 42 heavy (non-hydrogen) atoms. The second-order valence-corrected chi connectivity index (χ2v) is 13.5. The maximum absolute atomic E-state index is 14.2. The predicted molar refractivity (Wildman–Crippen MR) is 171 cm³/mol. The molecule has 0 aromatic heterocycles. The van der Waals surface area contributed by atoms with E-state index in [1.807, 2.05) is 20.8 Å². The molecule has 0 heterocycles. The Bertz CT molecular complexity index is 1530. The second kappa shape index (κ2) is 14.8. The van der Waals surface area contributed by atoms with Gasteiger partial charge >= 0.3 is 0 Å². The molecule has 226 valence electrons. The third-order valence-corrected chi connectivity index (χ3v) is 9.86. The topological polar surface area (TPSA) is 86.8 Å². The highest BCUT2D eigenvalue weighted by molar-refractivity contribution is 7.92. The van der Waals surface area contributed by atoms with Crippen LogP contribution in [0, 0.1) is 6.92 Å². The lowest BCUT2D eigenvalue weighted by molar-refractivity contribution is -0.140. The smallest absolute Gasteiger partial charge is 0.264 e. The highest BCUT2D eigenvalue weighted by Gasteiger charge is 2.34. The molecule has 0 spiro atoms. The van der Waals surface area contributed by atoms with Gasteiger partial charge in [-0.2, -0.15) is 0 Å². The number of benzene rings is 3. The van der Waals surface area contributed by atoms with Crippen LogP contribution in [-0.2, 0) is 26.2 Å². The van der Waals surface area contributed by atoms with Crippen LogP contribution in [0.2, 0.25) is 20.1 Å². The van der Waals surface area contributed by atoms with Crippen LogP contribution in [0.4, 0.5) is 5.69 Å². The average molecular weight is 673 g/mol. The first-order chi connectivity index (χ1) is 19.8. The molecule has 0 aliphatic rings. The fourth-order valence-corrected chi connectivity index (χ4v) is 6.40. The van der Waals surface area contributed by atoms with Crippen LogP contribution in [0.15, 0.2) is 65.6 Å². The van der Waals surface area contributed by atoms with Gasteiger partial charge < -0.3 is 10.2 Å². The fraction of sp³-hybridized carbons (Fsp3) is 0.333. The monoisotopic (exact) mass is 671 g/mol. The van der Waals surface area contributed by atoms with Gasteiger partial charge in [0.25, 0.3) is 10.0 Å². The lowest BCUT2D eigenvalue weighted by atomic mass is 10.1. The minimum Gasteiger partial charge on any atom is -0.352 e. The van der Waals surface area contributed by atoms with Gasteiger partial charge in [-0.05, 0) is 74.7 Å². The summed E-state index contributed by atoms with van der Waals surface area (Å²) in [6, 6.07) is 14.5. The van der Waals surface area contributed by atoms with Crippen molar-refractivity contribution in [1.82, 2.24) is 10.2 Å². The molecule has 0 fully saturated rings. The quantitative estimate of drug-likeness (QED) is 0.216. The zero-order valence-electron chi connectivity index (χ0n) is 23.7. The molecule has 3 aromatic carbocycles. The Hall–Kier alpha value is -2.49. The standard InChI is InChI=1S/C30H33Cl4N3O4S/c1-5-20(4)35-30(39)27(6-2)36(17-21-9-13-24(32)26(34)15-21)29(38)18-37(28-16-22(31)10-14-25(28)33)42(40,41)23-11-7-19(3)8-12-23/h7-16,20,27H,5-6,17-18H2,1-4H3,(H,35,39)/t20-,27+/m1/s1. The summed E-state index contributed by atoms with van der Waals surface area (Å²) in [6.45, 7) is 6.75. The van der Waals surface area contributed by atoms with Crippen LogP contribution in [0.25, 0.3) is 0 Å². The summed E-state index contributed by atoms with van der Waals surface area (Å²) in [7, 11) is -4.30. The molecular weight excluding hydrogens is 640 g/mol. The molecule has 1 N–H and O–H groups in total. The number of hydrogen-bond donors (Lipinski definition) is 1. The predicted octanol–water partition coefficient (Wildman–Crippen LogP) is 7.53. The Kier molecular flexibility index (Phi) is 12.0. The van der Waals surface area contributed by atoms with Gasteiger partial charge in [0.1, 0.15) is 12.6 Å². The van der Waals surface area contributed by atoms with E-state index in [4.69, 9.17) is 46.4 Å². The molecule has 7 nitrogen and oxygen atoms in total. The van der Waals surface area contributed by atoms with Crippen LogP contribution in [0.5, 0.6) is 0 Å². The number of rotatable bonds is 12. The lowest BCUT2D eigenvalue weighted by Crippen LogP contribution is -2.53. The van der Waals surface area contributed by atoms with Gasteiger partial charge in [0, 0.05) is 17.6 Å². The van der Waals surface area contributed by atoms with Crippen LogP contribution >= 0.6 is 46.4 Å². The van der Waals surface area contributed by atoms with E-state index in [0.717, 1.165) is 9.87 Å². The van der Waals surface area contributed by atoms with Gasteiger partial charge in [0.05, 0.1) is 25.7 Å². The van der Waals surface area contributed by atoms with Crippen molar-refractivity contribution in [2.75, 3.05) is 10.8 Å². The van der Waals surface area contributed by atoms with E-state index in [9.17, 15) is 18.0 Å². The molecule has 2 amide bonds. The van der Waals surface area contributed by atoms with Crippen molar-refractivity contribution in [3.63, 3.8) is 0 Å². The molecule has 0 radical (unpaired) electrons. The molecule has 3 rings (SSSR count). The third-order valence-electron chi connectivity index (χ3n) is 6.79. The Balaban J connectivity index is 2.12. The molecule has 2 atom stereocenters. The SMILES string of the molecule is CC[C@@H](C)NC(=O)[C@H](CC)N(Cc1ccc(Cl)c(Cl)c1)C(=O)CN(c1cc(Cl)ccc1Cl)S(=O)(=O)c1ccc(C)cc1. The van der Waals surface area contributed by atoms with Crippen molar-refractivity contribution in [3.8, 4) is 0 Å². The first-order valence-corrected chi connectivity index (χ1v) is 16.3. The number of amides is 2. The Labute approximate surface area is 267 Å².